The summed E-state index contributed by atoms with van der Waals surface area (Å²) in [5, 5.41) is 21.4. The van der Waals surface area contributed by atoms with Crippen molar-refractivity contribution in [3.8, 4) is 0 Å². The number of likely N-dealkylation sites (N-methyl/N-ethyl adjacent to an activating group) is 1. The van der Waals surface area contributed by atoms with Crippen molar-refractivity contribution in [1.82, 2.24) is 4.90 Å². The van der Waals surface area contributed by atoms with Crippen LogP contribution in [0.2, 0.25) is 5.02 Å². The summed E-state index contributed by atoms with van der Waals surface area (Å²) < 4.78 is 0. The Balaban J connectivity index is 2.12. The monoisotopic (exact) mass is 298 g/mol. The molecule has 1 saturated carbocycles. The lowest BCUT2D eigenvalue weighted by Gasteiger charge is -2.35. The zero-order valence-corrected chi connectivity index (χ0v) is 12.2. The first-order valence-electron chi connectivity index (χ1n) is 6.80. The van der Waals surface area contributed by atoms with Gasteiger partial charge in [-0.2, -0.15) is 0 Å². The van der Waals surface area contributed by atoms with Crippen LogP contribution in [-0.4, -0.2) is 34.1 Å². The van der Waals surface area contributed by atoms with Gasteiger partial charge in [-0.05, 0) is 31.5 Å². The van der Waals surface area contributed by atoms with E-state index in [0.29, 0.717) is 11.6 Å². The zero-order chi connectivity index (χ0) is 14.7. The number of nitro groups is 1. The number of nitrogens with zero attached hydrogens (tertiary/aromatic N) is 2. The second-order valence-electron chi connectivity index (χ2n) is 5.37. The Bertz CT molecular complexity index is 495. The van der Waals surface area contributed by atoms with Gasteiger partial charge < -0.3 is 5.11 Å². The summed E-state index contributed by atoms with van der Waals surface area (Å²) in [6.07, 6.45) is 3.60. The molecule has 20 heavy (non-hydrogen) atoms. The minimum atomic E-state index is -0.421. The van der Waals surface area contributed by atoms with Crippen LogP contribution in [-0.2, 0) is 6.54 Å². The second kappa shape index (κ2) is 6.52. The first-order chi connectivity index (χ1) is 9.49. The van der Waals surface area contributed by atoms with E-state index < -0.39 is 4.92 Å². The minimum Gasteiger partial charge on any atom is -0.391 e. The lowest BCUT2D eigenvalue weighted by Crippen LogP contribution is -2.42. The van der Waals surface area contributed by atoms with Gasteiger partial charge >= 0.3 is 0 Å². The standard InChI is InChI=1S/C14H19ClN2O3/c1-16(13-4-2-3-5-14(13)18)9-10-8-11(17(19)20)6-7-12(10)15/h6-8,13-14,18H,2-5,9H2,1H3. The fourth-order valence-corrected chi connectivity index (χ4v) is 2.96. The summed E-state index contributed by atoms with van der Waals surface area (Å²) in [7, 11) is 1.92. The van der Waals surface area contributed by atoms with Gasteiger partial charge in [0.2, 0.25) is 0 Å². The maximum Gasteiger partial charge on any atom is 0.269 e. The number of hydrogen-bond donors (Lipinski definition) is 1. The topological polar surface area (TPSA) is 66.6 Å². The highest BCUT2D eigenvalue weighted by Gasteiger charge is 2.27. The van der Waals surface area contributed by atoms with Crippen LogP contribution >= 0.6 is 11.6 Å². The molecule has 0 aliphatic heterocycles. The molecule has 1 fully saturated rings. The zero-order valence-electron chi connectivity index (χ0n) is 11.5. The molecule has 0 saturated heterocycles. The van der Waals surface area contributed by atoms with Gasteiger partial charge in [0, 0.05) is 29.7 Å². The van der Waals surface area contributed by atoms with E-state index in [1.807, 2.05) is 11.9 Å². The van der Waals surface area contributed by atoms with E-state index in [1.165, 1.54) is 12.1 Å². The number of halogens is 1. The summed E-state index contributed by atoms with van der Waals surface area (Å²) in [4.78, 5) is 12.4. The predicted octanol–water partition coefficient (Wildman–Crippen LogP) is 2.98. The third kappa shape index (κ3) is 3.48. The van der Waals surface area contributed by atoms with Crippen molar-refractivity contribution in [2.75, 3.05) is 7.05 Å². The number of aliphatic hydroxyl groups excluding tert-OH is 1. The van der Waals surface area contributed by atoms with Gasteiger partial charge in [0.05, 0.1) is 11.0 Å². The van der Waals surface area contributed by atoms with Gasteiger partial charge in [-0.3, -0.25) is 15.0 Å². The van der Waals surface area contributed by atoms with E-state index in [2.05, 4.69) is 0 Å². The molecule has 0 radical (unpaired) electrons. The van der Waals surface area contributed by atoms with E-state index >= 15 is 0 Å². The van der Waals surface area contributed by atoms with Crippen molar-refractivity contribution >= 4 is 17.3 Å². The van der Waals surface area contributed by atoms with Crippen molar-refractivity contribution in [2.24, 2.45) is 0 Å². The second-order valence-corrected chi connectivity index (χ2v) is 5.77. The molecule has 0 heterocycles. The SMILES string of the molecule is CN(Cc1cc([N+](=O)[O-])ccc1Cl)C1CCCCC1O. The Morgan fingerprint density at radius 3 is 2.80 bits per heavy atom. The Labute approximate surface area is 123 Å². The van der Waals surface area contributed by atoms with Gasteiger partial charge in [0.1, 0.15) is 0 Å². The lowest BCUT2D eigenvalue weighted by atomic mass is 9.91. The van der Waals surface area contributed by atoms with Crippen molar-refractivity contribution in [3.05, 3.63) is 38.9 Å². The molecule has 1 aromatic carbocycles. The van der Waals surface area contributed by atoms with E-state index in [9.17, 15) is 15.2 Å². The molecule has 0 amide bonds. The van der Waals surface area contributed by atoms with Crippen molar-refractivity contribution in [1.29, 1.82) is 0 Å². The summed E-state index contributed by atoms with van der Waals surface area (Å²) in [5.41, 5.74) is 0.767. The fourth-order valence-electron chi connectivity index (χ4n) is 2.79. The van der Waals surface area contributed by atoms with Crippen molar-refractivity contribution in [3.63, 3.8) is 0 Å². The molecule has 1 aromatic rings. The van der Waals surface area contributed by atoms with E-state index in [-0.39, 0.29) is 17.8 Å². The lowest BCUT2D eigenvalue weighted by molar-refractivity contribution is -0.384. The molecular weight excluding hydrogens is 280 g/mol. The maximum atomic E-state index is 10.8. The number of non-ortho nitro benzene ring substituents is 1. The molecule has 1 aliphatic rings. The smallest absolute Gasteiger partial charge is 0.269 e. The highest BCUT2D eigenvalue weighted by molar-refractivity contribution is 6.31. The average molecular weight is 299 g/mol. The molecule has 2 rings (SSSR count). The Kier molecular flexibility index (Phi) is 4.96. The number of aliphatic hydroxyl groups is 1. The number of benzene rings is 1. The molecule has 1 aliphatic carbocycles. The first kappa shape index (κ1) is 15.2. The molecule has 1 N–H and O–H groups in total. The highest BCUT2D eigenvalue weighted by atomic mass is 35.5. The molecule has 0 spiro atoms. The quantitative estimate of drug-likeness (QED) is 0.685. The molecule has 5 nitrogen and oxygen atoms in total. The van der Waals surface area contributed by atoms with Crippen LogP contribution in [0.25, 0.3) is 0 Å². The third-order valence-corrected chi connectivity index (χ3v) is 4.29. The van der Waals surface area contributed by atoms with Gasteiger partial charge in [-0.25, -0.2) is 0 Å². The van der Waals surface area contributed by atoms with Gasteiger partial charge in [-0.1, -0.05) is 24.4 Å². The molecule has 2 atom stereocenters. The van der Waals surface area contributed by atoms with Gasteiger partial charge in [0.15, 0.2) is 0 Å². The highest BCUT2D eigenvalue weighted by Crippen LogP contribution is 2.27. The van der Waals surface area contributed by atoms with Gasteiger partial charge in [-0.15, -0.1) is 0 Å². The molecule has 0 aromatic heterocycles. The Morgan fingerprint density at radius 1 is 1.45 bits per heavy atom. The molecule has 0 bridgehead atoms. The average Bonchev–Trinajstić information content (AvgIpc) is 2.41. The molecule has 6 heteroatoms. The largest absolute Gasteiger partial charge is 0.391 e. The normalized spacial score (nSPS) is 23.0. The summed E-state index contributed by atoms with van der Waals surface area (Å²) in [6, 6.07) is 4.56. The van der Waals surface area contributed by atoms with Crippen LogP contribution < -0.4 is 0 Å². The number of hydrogen-bond acceptors (Lipinski definition) is 4. The van der Waals surface area contributed by atoms with E-state index in [1.54, 1.807) is 6.07 Å². The Hall–Kier alpha value is -1.17. The Morgan fingerprint density at radius 2 is 2.15 bits per heavy atom. The van der Waals surface area contributed by atoms with Crippen LogP contribution in [0.5, 0.6) is 0 Å². The van der Waals surface area contributed by atoms with E-state index in [4.69, 9.17) is 11.6 Å². The fraction of sp³-hybridized carbons (Fsp3) is 0.571. The summed E-state index contributed by atoms with van der Waals surface area (Å²) in [6.45, 7) is 0.502. The molecule has 2 unspecified atom stereocenters. The third-order valence-electron chi connectivity index (χ3n) is 3.92. The van der Waals surface area contributed by atoms with Crippen LogP contribution in [0.1, 0.15) is 31.2 Å². The number of rotatable bonds is 4. The van der Waals surface area contributed by atoms with Crippen LogP contribution in [0.3, 0.4) is 0 Å². The van der Waals surface area contributed by atoms with Crippen molar-refractivity contribution in [2.45, 2.75) is 44.4 Å². The van der Waals surface area contributed by atoms with Crippen molar-refractivity contribution < 1.29 is 10.0 Å². The minimum absolute atomic E-state index is 0.0435. The molecular formula is C14H19ClN2O3. The maximum absolute atomic E-state index is 10.8. The first-order valence-corrected chi connectivity index (χ1v) is 7.18. The summed E-state index contributed by atoms with van der Waals surface area (Å²) >= 11 is 6.11. The number of nitro benzene ring substituents is 1. The van der Waals surface area contributed by atoms with Gasteiger partial charge in [0.25, 0.3) is 5.69 Å². The van der Waals surface area contributed by atoms with Crippen LogP contribution in [0.4, 0.5) is 5.69 Å². The molecule has 110 valence electrons. The van der Waals surface area contributed by atoms with Crippen LogP contribution in [0.15, 0.2) is 18.2 Å². The van der Waals surface area contributed by atoms with E-state index in [0.717, 1.165) is 31.2 Å². The summed E-state index contributed by atoms with van der Waals surface area (Å²) in [5.74, 6) is 0. The van der Waals surface area contributed by atoms with Crippen LogP contribution in [0, 0.1) is 10.1 Å². The predicted molar refractivity (Wildman–Crippen MR) is 77.8 cm³/mol.